The van der Waals surface area contributed by atoms with E-state index in [1.165, 1.54) is 58.6 Å². The van der Waals surface area contributed by atoms with Gasteiger partial charge in [-0.15, -0.1) is 84.6 Å². The van der Waals surface area contributed by atoms with Gasteiger partial charge in [-0.3, -0.25) is 39.3 Å². The second-order valence-corrected chi connectivity index (χ2v) is 27.2. The monoisotopic (exact) mass is 1750 g/mol. The summed E-state index contributed by atoms with van der Waals surface area (Å²) in [6.45, 7) is 22.4. The summed E-state index contributed by atoms with van der Waals surface area (Å²) in [5, 5.41) is 60.9. The van der Waals surface area contributed by atoms with E-state index in [9.17, 15) is 53.2 Å². The van der Waals surface area contributed by atoms with Crippen molar-refractivity contribution >= 4 is 157 Å². The first-order valence-electron chi connectivity index (χ1n) is 33.7. The van der Waals surface area contributed by atoms with Crippen molar-refractivity contribution in [3.05, 3.63) is 201 Å². The van der Waals surface area contributed by atoms with Crippen LogP contribution in [0.15, 0.2) is 165 Å². The number of aromatic nitrogens is 12. The number of hydrogen-bond acceptors (Lipinski definition) is 24. The maximum Gasteiger partial charge on any atom is 0.352 e. The molecule has 0 spiro atoms. The number of carbonyl (C=O) groups excluding carboxylic acids is 8. The van der Waals surface area contributed by atoms with Gasteiger partial charge in [0, 0.05) is 79.6 Å². The number of aliphatic imine (C=N–C) groups is 3. The van der Waals surface area contributed by atoms with E-state index in [4.69, 9.17) is 27.7 Å². The molecule has 14 N–H and O–H groups in total. The molecule has 0 radical (unpaired) electrons. The molecule has 118 heavy (non-hydrogen) atoms. The fourth-order valence-corrected chi connectivity index (χ4v) is 8.38. The molecule has 2 atom stereocenters. The second-order valence-electron chi connectivity index (χ2n) is 27.2. The number of nitrogen functional groups attached to an aromatic ring is 1. The summed E-state index contributed by atoms with van der Waals surface area (Å²) < 4.78 is 5.47. The lowest BCUT2D eigenvalue weighted by Gasteiger charge is -2.21. The Hall–Kier alpha value is -12.8. The molecular formula is C73H99Cl6N29O10. The smallest absolute Gasteiger partial charge is 0.352 e. The van der Waals surface area contributed by atoms with Gasteiger partial charge in [-0.05, 0) is 83.1 Å². The number of amides is 10. The van der Waals surface area contributed by atoms with Crippen molar-refractivity contribution < 1.29 is 38.4 Å². The average molecular weight is 1760 g/mol. The van der Waals surface area contributed by atoms with Gasteiger partial charge in [0.2, 0.25) is 6.04 Å². The molecular weight excluding hydrogens is 1660 g/mol. The van der Waals surface area contributed by atoms with E-state index in [-0.39, 0.29) is 138 Å². The molecule has 9 rings (SSSR count). The zero-order valence-electron chi connectivity index (χ0n) is 67.5. The maximum atomic E-state index is 12.3. The van der Waals surface area contributed by atoms with Gasteiger partial charge in [0.05, 0.1) is 29.6 Å². The molecule has 0 fully saturated rings. The topological polar surface area (TPSA) is 567 Å². The van der Waals surface area contributed by atoms with Gasteiger partial charge in [-0.1, -0.05) is 132 Å². The minimum Gasteiger partial charge on any atom is -0.383 e. The van der Waals surface area contributed by atoms with Crippen LogP contribution in [0.3, 0.4) is 0 Å². The van der Waals surface area contributed by atoms with Gasteiger partial charge in [0.1, 0.15) is 37.7 Å². The van der Waals surface area contributed by atoms with Crippen LogP contribution in [-0.2, 0) is 23.7 Å². The van der Waals surface area contributed by atoms with Crippen LogP contribution in [0.2, 0.25) is 0 Å². The van der Waals surface area contributed by atoms with Gasteiger partial charge < -0.3 is 54.4 Å². The zero-order chi connectivity index (χ0) is 84.3. The van der Waals surface area contributed by atoms with Crippen LogP contribution < -0.4 is 71.1 Å². The normalized spacial score (nSPS) is 10.5. The fourth-order valence-electron chi connectivity index (χ4n) is 8.38. The molecule has 638 valence electrons. The van der Waals surface area contributed by atoms with Gasteiger partial charge in [-0.2, -0.15) is 30.1 Å². The first-order chi connectivity index (χ1) is 52.5. The quantitative estimate of drug-likeness (QED) is 0.0414. The van der Waals surface area contributed by atoms with Gasteiger partial charge in [0.25, 0.3) is 29.5 Å². The molecule has 9 aromatic rings. The van der Waals surface area contributed by atoms with E-state index in [1.54, 1.807) is 6.07 Å². The Morgan fingerprint density at radius 1 is 0.508 bits per heavy atom. The van der Waals surface area contributed by atoms with Gasteiger partial charge in [0.15, 0.2) is 34.4 Å². The Labute approximate surface area is 717 Å². The summed E-state index contributed by atoms with van der Waals surface area (Å²) in [5.74, 6) is -2.33. The third-order valence-electron chi connectivity index (χ3n) is 13.2. The number of benzene rings is 4. The zero-order valence-corrected chi connectivity index (χ0v) is 72.4. The average Bonchev–Trinajstić information content (AvgIpc) is 1.66. The molecule has 4 aromatic carbocycles. The highest BCUT2D eigenvalue weighted by Crippen LogP contribution is 2.16. The van der Waals surface area contributed by atoms with Crippen LogP contribution in [-0.4, -0.2) is 186 Å². The molecule has 0 aliphatic heterocycles. The maximum absolute atomic E-state index is 12.3. The van der Waals surface area contributed by atoms with E-state index in [0.717, 1.165) is 52.6 Å². The van der Waals surface area contributed by atoms with Crippen LogP contribution in [0.5, 0.6) is 0 Å². The molecule has 0 aliphatic rings. The Morgan fingerprint density at radius 3 is 1.24 bits per heavy atom. The predicted molar refractivity (Wildman–Crippen MR) is 462 cm³/mol. The first-order valence-corrected chi connectivity index (χ1v) is 33.7. The minimum atomic E-state index is -1.10. The lowest BCUT2D eigenvalue weighted by Crippen LogP contribution is -2.48. The summed E-state index contributed by atoms with van der Waals surface area (Å²) in [5.41, 5.74) is 19.1. The highest BCUT2D eigenvalue weighted by Gasteiger charge is 2.26. The number of nitrogens with two attached hydrogens (primary N) is 3. The number of hydrogen-bond donors (Lipinski definition) is 11. The Morgan fingerprint density at radius 2 is 0.881 bits per heavy atom. The predicted octanol–water partition coefficient (Wildman–Crippen LogP) is 5.40. The Balaban J connectivity index is -0.000000646. The number of imidazole rings is 3. The summed E-state index contributed by atoms with van der Waals surface area (Å²) >= 11 is 0. The summed E-state index contributed by atoms with van der Waals surface area (Å²) in [6, 6.07) is 41.1. The number of aryl methyl sites for hydroxylation is 2. The van der Waals surface area contributed by atoms with E-state index >= 15 is 0 Å². The van der Waals surface area contributed by atoms with Crippen molar-refractivity contribution in [3.8, 4) is 18.2 Å². The molecule has 45 heteroatoms. The molecule has 2 unspecified atom stereocenters. The fraction of sp³-hybridized carbons (Fsp3) is 0.329. The lowest BCUT2D eigenvalue weighted by molar-refractivity contribution is -0.123. The van der Waals surface area contributed by atoms with Crippen LogP contribution in [0.4, 0.5) is 20.2 Å². The number of fused-ring (bicyclic) bond motifs is 2. The van der Waals surface area contributed by atoms with E-state index in [2.05, 4.69) is 99.2 Å². The molecule has 0 saturated heterocycles. The molecule has 10 amide bonds. The first kappa shape index (κ1) is 112. The van der Waals surface area contributed by atoms with Gasteiger partial charge in [-0.25, -0.2) is 52.3 Å². The number of urea groups is 2. The minimum absolute atomic E-state index is 0. The van der Waals surface area contributed by atoms with Crippen molar-refractivity contribution in [2.45, 2.75) is 117 Å². The van der Waals surface area contributed by atoms with Crippen molar-refractivity contribution in [3.63, 3.8) is 0 Å². The SMILES string of the molecule is CC(C)(C)NC(=O)C(C#N)N=C(c1ccccc1)c1ccccc1.CC(C)(C)NC(=O)C(N)C#N.CNC(=O)N=CNC(=O)NC.CNC(=O)n1cnc(C(=O)NC(C)(C)C)c1N.Cl.Cl.Cl.Cl.Cl.Cl.Cn1nnc2c(C(=O)NC(C)(C)C)ncn2c1=O.Cn1nnc2c(C(N)=O)ncn2c1=O.N#CCN=C(c1ccccc1)c1ccccc1. The van der Waals surface area contributed by atoms with Crippen LogP contribution in [0.25, 0.3) is 11.3 Å². The number of rotatable bonds is 12. The summed E-state index contributed by atoms with van der Waals surface area (Å²) in [4.78, 5) is 137. The Kier molecular flexibility index (Phi) is 50.4. The number of primary amides is 1. The number of carbonyl (C=O) groups is 8. The number of nitrogens with zero attached hydrogens (tertiary/aromatic N) is 18. The van der Waals surface area contributed by atoms with Crippen LogP contribution >= 0.6 is 74.4 Å². The second kappa shape index (κ2) is 53.4. The number of nitriles is 3. The van der Waals surface area contributed by atoms with Crippen molar-refractivity contribution in [1.29, 1.82) is 15.8 Å². The van der Waals surface area contributed by atoms with Crippen LogP contribution in [0.1, 0.15) is 137 Å². The van der Waals surface area contributed by atoms with E-state index in [0.29, 0.717) is 5.71 Å². The van der Waals surface area contributed by atoms with Gasteiger partial charge >= 0.3 is 29.5 Å². The molecule has 0 aliphatic carbocycles. The highest BCUT2D eigenvalue weighted by atomic mass is 35.5. The molecule has 39 nitrogen and oxygen atoms in total. The lowest BCUT2D eigenvalue weighted by atomic mass is 10.0. The highest BCUT2D eigenvalue weighted by molar-refractivity contribution is 6.14. The van der Waals surface area contributed by atoms with Crippen molar-refractivity contribution in [2.75, 3.05) is 33.4 Å². The van der Waals surface area contributed by atoms with Crippen LogP contribution in [0, 0.1) is 34.0 Å². The van der Waals surface area contributed by atoms with Crippen molar-refractivity contribution in [1.82, 2.24) is 101 Å². The third kappa shape index (κ3) is 38.1. The molecule has 0 saturated carbocycles. The van der Waals surface area contributed by atoms with Crippen molar-refractivity contribution in [2.24, 2.45) is 40.5 Å². The van der Waals surface area contributed by atoms with E-state index in [1.807, 2.05) is 210 Å². The number of anilines is 1. The largest absolute Gasteiger partial charge is 0.383 e. The standard InChI is InChI=1S/C20H21N3O.C15H12N2.C10H14N6O2.C10H17N5O2.C7H13N3O.C6H6N6O2.C5H10N4O2.6ClH/c1-20(2,3)23-19(24)17(14-21)22-18(15-10-6-4-7-11-15)16-12-8-5-9-13-16;16-11-12-17-15(13-7-3-1-4-8-13)14-9-5-2-6-10-14;1-10(2,3)12-8(17)6-7-13-14-15(4)9(18)16(7)5-11-6;1-10(2,3)14-8(16)6-7(11)15(5-13-6)9(17)12-4;1-7(2,3)10-6(11)5(9)4-8;1-11-6(14)12-2-8-3(4(7)13)5(12)9-10-11;1-6-4(10)8-3-9-5(11)7-2;;;;;;/h4-13,17H,1-3H3,(H,23,24);1-10H,12H2;5H,1-4H3,(H,12,17);5H,11H2,1-4H3,(H,12,17)(H,14,16);5H,9H2,1-3H3,(H,10,11);2H,1H3,(H2,7,13);3H,1-2H3,(H3,6,7,8,9,10,11);6*1H. The number of nitrogens with one attached hydrogen (secondary N) is 8. The summed E-state index contributed by atoms with van der Waals surface area (Å²) in [7, 11) is 7.29. The third-order valence-corrected chi connectivity index (χ3v) is 13.2. The molecule has 5 heterocycles. The number of halogens is 6. The van der Waals surface area contributed by atoms with E-state index < -0.39 is 70.7 Å². The Bertz CT molecular complexity index is 4990. The summed E-state index contributed by atoms with van der Waals surface area (Å²) in [6.07, 6.45) is 4.68. The molecule has 0 bridgehead atoms. The molecule has 5 aromatic heterocycles.